The quantitative estimate of drug-likeness (QED) is 0.756. The van der Waals surface area contributed by atoms with Crippen LogP contribution in [0, 0.1) is 0 Å². The molecule has 4 nitrogen and oxygen atoms in total. The number of fused-ring (bicyclic) bond motifs is 1. The molecule has 112 valence electrons. The van der Waals surface area contributed by atoms with Gasteiger partial charge >= 0.3 is 0 Å². The Bertz CT molecular complexity index is 801. The zero-order chi connectivity index (χ0) is 15.5. The SMILES string of the molecule is CC[C@@H](C)Nc1nc(-c2ccccc2O)nc2ccccc12. The molecule has 0 saturated heterocycles. The van der Waals surface area contributed by atoms with Crippen molar-refractivity contribution in [2.45, 2.75) is 26.3 Å². The summed E-state index contributed by atoms with van der Waals surface area (Å²) < 4.78 is 0. The van der Waals surface area contributed by atoms with Crippen molar-refractivity contribution >= 4 is 16.7 Å². The summed E-state index contributed by atoms with van der Waals surface area (Å²) in [5.41, 5.74) is 1.50. The van der Waals surface area contributed by atoms with Crippen LogP contribution in [0.5, 0.6) is 5.75 Å². The number of para-hydroxylation sites is 2. The van der Waals surface area contributed by atoms with Crippen LogP contribution in [0.15, 0.2) is 48.5 Å². The summed E-state index contributed by atoms with van der Waals surface area (Å²) in [5, 5.41) is 14.5. The van der Waals surface area contributed by atoms with Crippen molar-refractivity contribution in [2.75, 3.05) is 5.32 Å². The minimum Gasteiger partial charge on any atom is -0.507 e. The zero-order valence-electron chi connectivity index (χ0n) is 12.7. The average Bonchev–Trinajstić information content (AvgIpc) is 2.55. The number of hydrogen-bond acceptors (Lipinski definition) is 4. The molecule has 1 heterocycles. The number of phenolic OH excluding ortho intramolecular Hbond substituents is 1. The van der Waals surface area contributed by atoms with Gasteiger partial charge in [0.15, 0.2) is 5.82 Å². The van der Waals surface area contributed by atoms with Gasteiger partial charge in [-0.25, -0.2) is 9.97 Å². The van der Waals surface area contributed by atoms with Crippen molar-refractivity contribution in [3.8, 4) is 17.1 Å². The van der Waals surface area contributed by atoms with Gasteiger partial charge in [0.2, 0.25) is 0 Å². The van der Waals surface area contributed by atoms with Crippen LogP contribution in [0.25, 0.3) is 22.3 Å². The fourth-order valence-electron chi connectivity index (χ4n) is 2.31. The van der Waals surface area contributed by atoms with E-state index in [2.05, 4.69) is 29.1 Å². The first-order valence-electron chi connectivity index (χ1n) is 7.50. The van der Waals surface area contributed by atoms with E-state index in [0.29, 0.717) is 17.4 Å². The lowest BCUT2D eigenvalue weighted by atomic mass is 10.1. The topological polar surface area (TPSA) is 58.0 Å². The normalized spacial score (nSPS) is 12.3. The van der Waals surface area contributed by atoms with Gasteiger partial charge in [0, 0.05) is 11.4 Å². The lowest BCUT2D eigenvalue weighted by Crippen LogP contribution is -2.15. The Morgan fingerprint density at radius 1 is 1.05 bits per heavy atom. The molecule has 0 aliphatic rings. The maximum atomic E-state index is 10.1. The third-order valence-electron chi connectivity index (χ3n) is 3.74. The maximum absolute atomic E-state index is 10.1. The molecule has 0 radical (unpaired) electrons. The Balaban J connectivity index is 2.18. The monoisotopic (exact) mass is 293 g/mol. The fraction of sp³-hybridized carbons (Fsp3) is 0.222. The first-order valence-corrected chi connectivity index (χ1v) is 7.50. The fourth-order valence-corrected chi connectivity index (χ4v) is 2.31. The van der Waals surface area contributed by atoms with Crippen molar-refractivity contribution in [3.05, 3.63) is 48.5 Å². The van der Waals surface area contributed by atoms with E-state index in [1.54, 1.807) is 12.1 Å². The highest BCUT2D eigenvalue weighted by atomic mass is 16.3. The van der Waals surface area contributed by atoms with E-state index in [4.69, 9.17) is 0 Å². The molecule has 1 atom stereocenters. The lowest BCUT2D eigenvalue weighted by Gasteiger charge is -2.15. The van der Waals surface area contributed by atoms with Crippen LogP contribution in [0.3, 0.4) is 0 Å². The molecule has 0 unspecified atom stereocenters. The molecule has 0 amide bonds. The average molecular weight is 293 g/mol. The molecule has 2 N–H and O–H groups in total. The Hall–Kier alpha value is -2.62. The van der Waals surface area contributed by atoms with Gasteiger partial charge in [-0.2, -0.15) is 0 Å². The largest absolute Gasteiger partial charge is 0.507 e. The number of aromatic nitrogens is 2. The zero-order valence-corrected chi connectivity index (χ0v) is 12.7. The van der Waals surface area contributed by atoms with E-state index in [1.807, 2.05) is 36.4 Å². The summed E-state index contributed by atoms with van der Waals surface area (Å²) >= 11 is 0. The molecular weight excluding hydrogens is 274 g/mol. The van der Waals surface area contributed by atoms with Crippen molar-refractivity contribution in [3.63, 3.8) is 0 Å². The molecule has 0 bridgehead atoms. The molecule has 0 saturated carbocycles. The van der Waals surface area contributed by atoms with Crippen LogP contribution >= 0.6 is 0 Å². The highest BCUT2D eigenvalue weighted by molar-refractivity contribution is 5.91. The van der Waals surface area contributed by atoms with E-state index >= 15 is 0 Å². The summed E-state index contributed by atoms with van der Waals surface area (Å²) in [5.74, 6) is 1.52. The predicted molar refractivity (Wildman–Crippen MR) is 90.0 cm³/mol. The van der Waals surface area contributed by atoms with E-state index in [-0.39, 0.29) is 5.75 Å². The number of nitrogens with one attached hydrogen (secondary N) is 1. The smallest absolute Gasteiger partial charge is 0.165 e. The van der Waals surface area contributed by atoms with Gasteiger partial charge in [0.25, 0.3) is 0 Å². The van der Waals surface area contributed by atoms with Crippen LogP contribution in [0.4, 0.5) is 5.82 Å². The molecule has 3 rings (SSSR count). The Labute approximate surface area is 129 Å². The lowest BCUT2D eigenvalue weighted by molar-refractivity contribution is 0.477. The molecule has 2 aromatic carbocycles. The molecule has 1 aromatic heterocycles. The van der Waals surface area contributed by atoms with Gasteiger partial charge in [0.05, 0.1) is 11.1 Å². The van der Waals surface area contributed by atoms with Crippen molar-refractivity contribution in [1.29, 1.82) is 0 Å². The summed E-state index contributed by atoms with van der Waals surface area (Å²) in [7, 11) is 0. The van der Waals surface area contributed by atoms with Crippen LogP contribution in [0.2, 0.25) is 0 Å². The second-order valence-corrected chi connectivity index (χ2v) is 5.38. The molecular formula is C18H19N3O. The van der Waals surface area contributed by atoms with E-state index < -0.39 is 0 Å². The van der Waals surface area contributed by atoms with Crippen molar-refractivity contribution < 1.29 is 5.11 Å². The third-order valence-corrected chi connectivity index (χ3v) is 3.74. The minimum absolute atomic E-state index is 0.187. The second-order valence-electron chi connectivity index (χ2n) is 5.38. The number of phenols is 1. The molecule has 0 aliphatic heterocycles. The summed E-state index contributed by atoms with van der Waals surface area (Å²) in [4.78, 5) is 9.23. The van der Waals surface area contributed by atoms with Crippen LogP contribution in [-0.2, 0) is 0 Å². The molecule has 0 spiro atoms. The standard InChI is InChI=1S/C18H19N3O/c1-3-12(2)19-17-13-8-4-6-10-15(13)20-18(21-17)14-9-5-7-11-16(14)22/h4-12,22H,3H2,1-2H3,(H,19,20,21)/t12-/m1/s1. The summed E-state index contributed by atoms with van der Waals surface area (Å²) in [6.45, 7) is 4.25. The van der Waals surface area contributed by atoms with Gasteiger partial charge in [-0.1, -0.05) is 31.2 Å². The number of hydrogen-bond donors (Lipinski definition) is 2. The third kappa shape index (κ3) is 2.72. The number of benzene rings is 2. The highest BCUT2D eigenvalue weighted by Gasteiger charge is 2.12. The second kappa shape index (κ2) is 6.02. The first-order chi connectivity index (χ1) is 10.7. The summed E-state index contributed by atoms with van der Waals surface area (Å²) in [6.07, 6.45) is 1.00. The molecule has 3 aromatic rings. The number of nitrogens with zero attached hydrogens (tertiary/aromatic N) is 2. The predicted octanol–water partition coefficient (Wildman–Crippen LogP) is 4.21. The van der Waals surface area contributed by atoms with Gasteiger partial charge in [-0.15, -0.1) is 0 Å². The Morgan fingerprint density at radius 2 is 1.77 bits per heavy atom. The van der Waals surface area contributed by atoms with Gasteiger partial charge in [-0.3, -0.25) is 0 Å². The van der Waals surface area contributed by atoms with Crippen molar-refractivity contribution in [1.82, 2.24) is 9.97 Å². The van der Waals surface area contributed by atoms with Crippen molar-refractivity contribution in [2.24, 2.45) is 0 Å². The van der Waals surface area contributed by atoms with Gasteiger partial charge in [-0.05, 0) is 37.6 Å². The van der Waals surface area contributed by atoms with Crippen LogP contribution < -0.4 is 5.32 Å². The van der Waals surface area contributed by atoms with Gasteiger partial charge in [0.1, 0.15) is 11.6 Å². The first kappa shape index (κ1) is 14.3. The molecule has 0 aliphatic carbocycles. The molecule has 0 fully saturated rings. The van der Waals surface area contributed by atoms with E-state index in [1.165, 1.54) is 0 Å². The highest BCUT2D eigenvalue weighted by Crippen LogP contribution is 2.30. The van der Waals surface area contributed by atoms with E-state index in [0.717, 1.165) is 23.1 Å². The van der Waals surface area contributed by atoms with E-state index in [9.17, 15) is 5.11 Å². The minimum atomic E-state index is 0.187. The number of anilines is 1. The summed E-state index contributed by atoms with van der Waals surface area (Å²) in [6, 6.07) is 15.4. The molecule has 4 heteroatoms. The number of rotatable bonds is 4. The van der Waals surface area contributed by atoms with Crippen LogP contribution in [-0.4, -0.2) is 21.1 Å². The van der Waals surface area contributed by atoms with Crippen LogP contribution in [0.1, 0.15) is 20.3 Å². The Kier molecular flexibility index (Phi) is 3.92. The Morgan fingerprint density at radius 3 is 2.55 bits per heavy atom. The van der Waals surface area contributed by atoms with Gasteiger partial charge < -0.3 is 10.4 Å². The number of aromatic hydroxyl groups is 1. The maximum Gasteiger partial charge on any atom is 0.165 e. The molecule has 22 heavy (non-hydrogen) atoms.